The molecule has 158 valence electrons. The number of anilines is 1. The molecule has 1 saturated heterocycles. The van der Waals surface area contributed by atoms with Gasteiger partial charge in [0.1, 0.15) is 12.6 Å². The summed E-state index contributed by atoms with van der Waals surface area (Å²) in [4.78, 5) is 32.7. The minimum atomic E-state index is -0.565. The summed E-state index contributed by atoms with van der Waals surface area (Å²) < 4.78 is 0. The van der Waals surface area contributed by atoms with Gasteiger partial charge in [-0.05, 0) is 36.1 Å². The highest BCUT2D eigenvalue weighted by atomic mass is 16.2. The Hall–Kier alpha value is -2.82. The molecule has 1 saturated carbocycles. The number of rotatable bonds is 5. The first kappa shape index (κ1) is 20.5. The van der Waals surface area contributed by atoms with Gasteiger partial charge in [0, 0.05) is 32.4 Å². The average molecular weight is 406 g/mol. The topological polar surface area (TPSA) is 43.9 Å². The van der Waals surface area contributed by atoms with Crippen LogP contribution in [0.5, 0.6) is 0 Å². The van der Waals surface area contributed by atoms with Crippen molar-refractivity contribution in [2.45, 2.75) is 50.7 Å². The standard InChI is InChI=1S/C25H31N3O2/c1-26(2)21-15-13-20(14-16-21)24-25(30)27(22-11-7-4-8-12-22)18-23(29)28(24)17-19-9-5-3-6-10-19/h3,5-6,9-10,13-16,22,24H,4,7-8,11-12,17-18H2,1-2H3. The molecule has 0 spiro atoms. The molecule has 2 amide bonds. The van der Waals surface area contributed by atoms with Gasteiger partial charge < -0.3 is 14.7 Å². The molecule has 4 rings (SSSR count). The van der Waals surface area contributed by atoms with Crippen molar-refractivity contribution in [1.29, 1.82) is 0 Å². The van der Waals surface area contributed by atoms with Gasteiger partial charge in [-0.2, -0.15) is 0 Å². The van der Waals surface area contributed by atoms with E-state index in [9.17, 15) is 9.59 Å². The van der Waals surface area contributed by atoms with Crippen LogP contribution >= 0.6 is 0 Å². The van der Waals surface area contributed by atoms with Gasteiger partial charge in [-0.25, -0.2) is 0 Å². The third-order valence-electron chi connectivity index (χ3n) is 6.39. The summed E-state index contributed by atoms with van der Waals surface area (Å²) in [5.41, 5.74) is 3.00. The van der Waals surface area contributed by atoms with Crippen molar-refractivity contribution in [2.24, 2.45) is 0 Å². The first-order valence-corrected chi connectivity index (χ1v) is 11.0. The molecular weight excluding hydrogens is 374 g/mol. The van der Waals surface area contributed by atoms with E-state index in [4.69, 9.17) is 0 Å². The van der Waals surface area contributed by atoms with Crippen LogP contribution in [0.4, 0.5) is 5.69 Å². The molecule has 5 heteroatoms. The highest BCUT2D eigenvalue weighted by Gasteiger charge is 2.42. The molecule has 0 aromatic heterocycles. The number of carbonyl (C=O) groups excluding carboxylic acids is 2. The predicted molar refractivity (Wildman–Crippen MR) is 119 cm³/mol. The Morgan fingerprint density at radius 3 is 2.20 bits per heavy atom. The molecule has 1 heterocycles. The largest absolute Gasteiger partial charge is 0.378 e. The molecule has 1 unspecified atom stereocenters. The molecule has 1 aliphatic carbocycles. The van der Waals surface area contributed by atoms with Crippen molar-refractivity contribution >= 4 is 17.5 Å². The maximum atomic E-state index is 13.7. The van der Waals surface area contributed by atoms with Crippen LogP contribution in [0, 0.1) is 0 Å². The molecule has 0 N–H and O–H groups in total. The number of piperazine rings is 1. The molecule has 2 fully saturated rings. The maximum absolute atomic E-state index is 13.7. The van der Waals surface area contributed by atoms with Gasteiger partial charge in [0.05, 0.1) is 0 Å². The maximum Gasteiger partial charge on any atom is 0.250 e. The van der Waals surface area contributed by atoms with Gasteiger partial charge in [0.15, 0.2) is 0 Å². The van der Waals surface area contributed by atoms with Crippen molar-refractivity contribution in [1.82, 2.24) is 9.80 Å². The van der Waals surface area contributed by atoms with E-state index in [0.29, 0.717) is 6.54 Å². The Bertz CT molecular complexity index is 873. The second kappa shape index (κ2) is 8.90. The van der Waals surface area contributed by atoms with Gasteiger partial charge in [0.25, 0.3) is 5.91 Å². The van der Waals surface area contributed by atoms with E-state index in [1.807, 2.05) is 78.5 Å². The monoisotopic (exact) mass is 405 g/mol. The number of nitrogens with zero attached hydrogens (tertiary/aromatic N) is 3. The predicted octanol–water partition coefficient (Wildman–Crippen LogP) is 4.00. The van der Waals surface area contributed by atoms with Crippen LogP contribution < -0.4 is 4.90 Å². The zero-order valence-corrected chi connectivity index (χ0v) is 18.0. The lowest BCUT2D eigenvalue weighted by Gasteiger charge is -2.44. The van der Waals surface area contributed by atoms with Crippen molar-refractivity contribution < 1.29 is 9.59 Å². The second-order valence-corrected chi connectivity index (χ2v) is 8.65. The Balaban J connectivity index is 1.67. The molecular formula is C25H31N3O2. The summed E-state index contributed by atoms with van der Waals surface area (Å²) in [5.74, 6) is 0.0979. The first-order chi connectivity index (χ1) is 14.5. The SMILES string of the molecule is CN(C)c1ccc(C2C(=O)N(C3CCCCC3)CC(=O)N2Cc2ccccc2)cc1. The lowest BCUT2D eigenvalue weighted by atomic mass is 9.91. The lowest BCUT2D eigenvalue weighted by molar-refractivity contribution is -0.160. The van der Waals surface area contributed by atoms with E-state index in [1.165, 1.54) is 6.42 Å². The van der Waals surface area contributed by atoms with Crippen LogP contribution in [0.2, 0.25) is 0 Å². The zero-order valence-electron chi connectivity index (χ0n) is 18.0. The number of hydrogen-bond donors (Lipinski definition) is 0. The molecule has 1 aliphatic heterocycles. The molecule has 0 bridgehead atoms. The molecule has 1 atom stereocenters. The number of amides is 2. The number of hydrogen-bond acceptors (Lipinski definition) is 3. The van der Waals surface area contributed by atoms with Crippen molar-refractivity contribution in [3.63, 3.8) is 0 Å². The fraction of sp³-hybridized carbons (Fsp3) is 0.440. The Kier molecular flexibility index (Phi) is 6.07. The first-order valence-electron chi connectivity index (χ1n) is 11.0. The van der Waals surface area contributed by atoms with Gasteiger partial charge in [-0.15, -0.1) is 0 Å². The van der Waals surface area contributed by atoms with Crippen LogP contribution in [0.1, 0.15) is 49.3 Å². The number of benzene rings is 2. The highest BCUT2D eigenvalue weighted by molar-refractivity contribution is 5.95. The van der Waals surface area contributed by atoms with Crippen molar-refractivity contribution in [3.8, 4) is 0 Å². The second-order valence-electron chi connectivity index (χ2n) is 8.65. The van der Waals surface area contributed by atoms with E-state index in [-0.39, 0.29) is 24.4 Å². The zero-order chi connectivity index (χ0) is 21.1. The van der Waals surface area contributed by atoms with Gasteiger partial charge in [-0.1, -0.05) is 61.7 Å². The Morgan fingerprint density at radius 1 is 0.900 bits per heavy atom. The van der Waals surface area contributed by atoms with Crippen LogP contribution in [0.15, 0.2) is 54.6 Å². The highest BCUT2D eigenvalue weighted by Crippen LogP contribution is 2.34. The van der Waals surface area contributed by atoms with E-state index >= 15 is 0 Å². The molecule has 5 nitrogen and oxygen atoms in total. The quantitative estimate of drug-likeness (QED) is 0.755. The average Bonchev–Trinajstić information content (AvgIpc) is 2.77. The summed E-state index contributed by atoms with van der Waals surface area (Å²) in [5, 5.41) is 0. The fourth-order valence-electron chi connectivity index (χ4n) is 4.69. The van der Waals surface area contributed by atoms with Crippen molar-refractivity contribution in [3.05, 3.63) is 65.7 Å². The molecule has 2 aromatic rings. The van der Waals surface area contributed by atoms with Crippen molar-refractivity contribution in [2.75, 3.05) is 25.5 Å². The summed E-state index contributed by atoms with van der Waals surface area (Å²) in [6.45, 7) is 0.645. The van der Waals surface area contributed by atoms with Crippen LogP contribution in [-0.4, -0.2) is 48.3 Å². The van der Waals surface area contributed by atoms with E-state index in [2.05, 4.69) is 0 Å². The third-order valence-corrected chi connectivity index (χ3v) is 6.39. The number of carbonyl (C=O) groups is 2. The van der Waals surface area contributed by atoms with E-state index < -0.39 is 6.04 Å². The van der Waals surface area contributed by atoms with Gasteiger partial charge >= 0.3 is 0 Å². The fourth-order valence-corrected chi connectivity index (χ4v) is 4.69. The van der Waals surface area contributed by atoms with Crippen LogP contribution in [0.25, 0.3) is 0 Å². The van der Waals surface area contributed by atoms with E-state index in [1.54, 1.807) is 4.90 Å². The van der Waals surface area contributed by atoms with Gasteiger partial charge in [-0.3, -0.25) is 9.59 Å². The van der Waals surface area contributed by atoms with Crippen LogP contribution in [0.3, 0.4) is 0 Å². The van der Waals surface area contributed by atoms with E-state index in [0.717, 1.165) is 42.5 Å². The smallest absolute Gasteiger partial charge is 0.250 e. The molecule has 0 radical (unpaired) electrons. The molecule has 30 heavy (non-hydrogen) atoms. The summed E-state index contributed by atoms with van der Waals surface area (Å²) in [6, 6.07) is 17.6. The summed E-state index contributed by atoms with van der Waals surface area (Å²) >= 11 is 0. The lowest BCUT2D eigenvalue weighted by Crippen LogP contribution is -2.58. The summed E-state index contributed by atoms with van der Waals surface area (Å²) in [7, 11) is 3.99. The third kappa shape index (κ3) is 4.20. The minimum absolute atomic E-state index is 0.0331. The Labute approximate surface area is 179 Å². The Morgan fingerprint density at radius 2 is 1.57 bits per heavy atom. The summed E-state index contributed by atoms with van der Waals surface area (Å²) in [6.07, 6.45) is 5.51. The normalized spacial score (nSPS) is 20.5. The van der Waals surface area contributed by atoms with Gasteiger partial charge in [0.2, 0.25) is 5.91 Å². The van der Waals surface area contributed by atoms with Crippen LogP contribution in [-0.2, 0) is 16.1 Å². The molecule has 2 aromatic carbocycles. The minimum Gasteiger partial charge on any atom is -0.378 e. The molecule has 2 aliphatic rings.